The monoisotopic (exact) mass is 315 g/mol. The van der Waals surface area contributed by atoms with Crippen molar-refractivity contribution in [2.24, 2.45) is 0 Å². The Morgan fingerprint density at radius 2 is 2.11 bits per heavy atom. The molecule has 1 aromatic heterocycles. The molecular formula is C13H22BrN3O. The van der Waals surface area contributed by atoms with Crippen molar-refractivity contribution in [2.45, 2.75) is 46.1 Å². The first kappa shape index (κ1) is 15.4. The highest BCUT2D eigenvalue weighted by Crippen LogP contribution is 2.29. The number of anilines is 1. The van der Waals surface area contributed by atoms with Crippen molar-refractivity contribution in [3.8, 4) is 0 Å². The molecule has 5 heteroatoms. The van der Waals surface area contributed by atoms with Gasteiger partial charge >= 0.3 is 0 Å². The van der Waals surface area contributed by atoms with Crippen LogP contribution in [0.4, 0.5) is 5.82 Å². The summed E-state index contributed by atoms with van der Waals surface area (Å²) in [6, 6.07) is 0. The molecule has 0 aliphatic carbocycles. The van der Waals surface area contributed by atoms with E-state index in [1.165, 1.54) is 0 Å². The summed E-state index contributed by atoms with van der Waals surface area (Å²) in [5.41, 5.74) is -0.419. The van der Waals surface area contributed by atoms with E-state index in [2.05, 4.69) is 45.1 Å². The van der Waals surface area contributed by atoms with Gasteiger partial charge in [0, 0.05) is 19.3 Å². The Balaban J connectivity index is 3.01. The van der Waals surface area contributed by atoms with Crippen LogP contribution in [-0.2, 0) is 10.3 Å². The van der Waals surface area contributed by atoms with Crippen LogP contribution in [0, 0.1) is 0 Å². The third-order valence-electron chi connectivity index (χ3n) is 2.90. The van der Waals surface area contributed by atoms with Gasteiger partial charge in [-0.05, 0) is 42.6 Å². The van der Waals surface area contributed by atoms with Gasteiger partial charge in [-0.2, -0.15) is 0 Å². The Hall–Kier alpha value is -0.680. The minimum absolute atomic E-state index is 0.419. The molecule has 4 nitrogen and oxygen atoms in total. The van der Waals surface area contributed by atoms with E-state index in [1.807, 2.05) is 13.8 Å². The summed E-state index contributed by atoms with van der Waals surface area (Å²) >= 11 is 3.46. The van der Waals surface area contributed by atoms with Crippen LogP contribution < -0.4 is 5.32 Å². The lowest BCUT2D eigenvalue weighted by molar-refractivity contribution is -0.0389. The van der Waals surface area contributed by atoms with Gasteiger partial charge in [0.1, 0.15) is 11.4 Å². The molecule has 0 saturated carbocycles. The van der Waals surface area contributed by atoms with Gasteiger partial charge < -0.3 is 10.1 Å². The van der Waals surface area contributed by atoms with E-state index < -0.39 is 5.60 Å². The average Bonchev–Trinajstić information content (AvgIpc) is 2.38. The van der Waals surface area contributed by atoms with Crippen molar-refractivity contribution < 1.29 is 4.74 Å². The molecule has 0 aliphatic heterocycles. The highest BCUT2D eigenvalue weighted by atomic mass is 79.9. The van der Waals surface area contributed by atoms with E-state index in [-0.39, 0.29) is 0 Å². The fourth-order valence-electron chi connectivity index (χ4n) is 1.63. The molecule has 1 rings (SSSR count). The Morgan fingerprint density at radius 3 is 2.67 bits per heavy atom. The first-order chi connectivity index (χ1) is 8.57. The average molecular weight is 316 g/mol. The third kappa shape index (κ3) is 3.65. The molecule has 0 aliphatic rings. The van der Waals surface area contributed by atoms with Crippen LogP contribution >= 0.6 is 15.9 Å². The molecule has 0 fully saturated rings. The number of ether oxygens (including phenoxy) is 1. The molecule has 1 heterocycles. The fourth-order valence-corrected chi connectivity index (χ4v) is 1.96. The molecule has 1 atom stereocenters. The SMILES string of the molecule is CCCNc1nc(C(C)(CC)OCC)ncc1Br. The number of halogens is 1. The van der Waals surface area contributed by atoms with E-state index >= 15 is 0 Å². The number of nitrogens with one attached hydrogen (secondary N) is 1. The van der Waals surface area contributed by atoms with Gasteiger partial charge in [0.15, 0.2) is 5.82 Å². The standard InChI is InChI=1S/C13H22BrN3O/c1-5-8-15-11-10(14)9-16-12(17-11)13(4,6-2)18-7-3/h9H,5-8H2,1-4H3,(H,15,16,17). The lowest BCUT2D eigenvalue weighted by Crippen LogP contribution is -2.28. The van der Waals surface area contributed by atoms with Crippen LogP contribution in [0.3, 0.4) is 0 Å². The normalized spacial score (nSPS) is 14.3. The predicted octanol–water partition coefficient (Wildman–Crippen LogP) is 3.72. The topological polar surface area (TPSA) is 47.0 Å². The number of rotatable bonds is 7. The van der Waals surface area contributed by atoms with Crippen LogP contribution in [0.15, 0.2) is 10.7 Å². The molecule has 102 valence electrons. The summed E-state index contributed by atoms with van der Waals surface area (Å²) in [6.45, 7) is 9.78. The smallest absolute Gasteiger partial charge is 0.162 e. The Bertz CT molecular complexity index is 386. The van der Waals surface area contributed by atoms with Crippen molar-refractivity contribution in [2.75, 3.05) is 18.5 Å². The molecular weight excluding hydrogens is 294 g/mol. The van der Waals surface area contributed by atoms with Crippen LogP contribution in [0.2, 0.25) is 0 Å². The van der Waals surface area contributed by atoms with E-state index in [9.17, 15) is 0 Å². The Morgan fingerprint density at radius 1 is 1.39 bits per heavy atom. The van der Waals surface area contributed by atoms with E-state index in [0.717, 1.165) is 35.5 Å². The van der Waals surface area contributed by atoms with Gasteiger partial charge in [-0.1, -0.05) is 13.8 Å². The zero-order chi connectivity index (χ0) is 13.6. The van der Waals surface area contributed by atoms with Crippen molar-refractivity contribution >= 4 is 21.7 Å². The molecule has 1 N–H and O–H groups in total. The first-order valence-corrected chi connectivity index (χ1v) is 7.27. The highest BCUT2D eigenvalue weighted by Gasteiger charge is 2.28. The number of hydrogen-bond acceptors (Lipinski definition) is 4. The fraction of sp³-hybridized carbons (Fsp3) is 0.692. The largest absolute Gasteiger partial charge is 0.369 e. The van der Waals surface area contributed by atoms with Gasteiger partial charge in [-0.3, -0.25) is 0 Å². The van der Waals surface area contributed by atoms with E-state index in [4.69, 9.17) is 4.74 Å². The lowest BCUT2D eigenvalue weighted by atomic mass is 10.0. The molecule has 0 amide bonds. The van der Waals surface area contributed by atoms with Crippen LogP contribution in [-0.4, -0.2) is 23.1 Å². The minimum Gasteiger partial charge on any atom is -0.369 e. The maximum atomic E-state index is 5.80. The maximum absolute atomic E-state index is 5.80. The van der Waals surface area contributed by atoms with Crippen molar-refractivity contribution in [3.05, 3.63) is 16.5 Å². The quantitative estimate of drug-likeness (QED) is 0.833. The van der Waals surface area contributed by atoms with Crippen LogP contribution in [0.25, 0.3) is 0 Å². The molecule has 0 radical (unpaired) electrons. The zero-order valence-electron chi connectivity index (χ0n) is 11.6. The third-order valence-corrected chi connectivity index (χ3v) is 3.48. The summed E-state index contributed by atoms with van der Waals surface area (Å²) in [7, 11) is 0. The molecule has 0 saturated heterocycles. The molecule has 1 unspecified atom stereocenters. The van der Waals surface area contributed by atoms with Gasteiger partial charge in [0.2, 0.25) is 0 Å². The van der Waals surface area contributed by atoms with Crippen molar-refractivity contribution in [1.82, 2.24) is 9.97 Å². The predicted molar refractivity (Wildman–Crippen MR) is 77.8 cm³/mol. The molecule has 0 aromatic carbocycles. The summed E-state index contributed by atoms with van der Waals surface area (Å²) in [6.07, 6.45) is 3.69. The molecule has 0 spiro atoms. The van der Waals surface area contributed by atoms with Crippen LogP contribution in [0.1, 0.15) is 46.4 Å². The minimum atomic E-state index is -0.419. The first-order valence-electron chi connectivity index (χ1n) is 6.48. The van der Waals surface area contributed by atoms with Gasteiger partial charge in [-0.25, -0.2) is 9.97 Å². The number of nitrogens with zero attached hydrogens (tertiary/aromatic N) is 2. The highest BCUT2D eigenvalue weighted by molar-refractivity contribution is 9.10. The number of aromatic nitrogens is 2. The van der Waals surface area contributed by atoms with E-state index in [1.54, 1.807) is 6.20 Å². The summed E-state index contributed by atoms with van der Waals surface area (Å²) in [5.74, 6) is 1.56. The molecule has 18 heavy (non-hydrogen) atoms. The zero-order valence-corrected chi connectivity index (χ0v) is 13.2. The van der Waals surface area contributed by atoms with Crippen molar-refractivity contribution in [3.63, 3.8) is 0 Å². The van der Waals surface area contributed by atoms with Gasteiger partial charge in [0.05, 0.1) is 4.47 Å². The van der Waals surface area contributed by atoms with Gasteiger partial charge in [0.25, 0.3) is 0 Å². The summed E-state index contributed by atoms with van der Waals surface area (Å²) in [5, 5.41) is 3.29. The van der Waals surface area contributed by atoms with E-state index in [0.29, 0.717) is 6.61 Å². The number of hydrogen-bond donors (Lipinski definition) is 1. The summed E-state index contributed by atoms with van der Waals surface area (Å²) in [4.78, 5) is 8.96. The second-order valence-electron chi connectivity index (χ2n) is 4.33. The second kappa shape index (κ2) is 7.04. The van der Waals surface area contributed by atoms with Crippen molar-refractivity contribution in [1.29, 1.82) is 0 Å². The molecule has 1 aromatic rings. The van der Waals surface area contributed by atoms with Gasteiger partial charge in [-0.15, -0.1) is 0 Å². The molecule has 0 bridgehead atoms. The second-order valence-corrected chi connectivity index (χ2v) is 5.19. The Labute approximate surface area is 118 Å². The lowest BCUT2D eigenvalue weighted by Gasteiger charge is -2.26. The Kier molecular flexibility index (Phi) is 6.02. The van der Waals surface area contributed by atoms with Crippen LogP contribution in [0.5, 0.6) is 0 Å². The maximum Gasteiger partial charge on any atom is 0.162 e. The summed E-state index contributed by atoms with van der Waals surface area (Å²) < 4.78 is 6.68.